The molecular weight excluding hydrogens is 1220 g/mol. The van der Waals surface area contributed by atoms with Crippen molar-refractivity contribution in [3.63, 3.8) is 0 Å². The highest BCUT2D eigenvalue weighted by Gasteiger charge is 2.60. The summed E-state index contributed by atoms with van der Waals surface area (Å²) in [4.78, 5) is 0. The van der Waals surface area contributed by atoms with E-state index in [0.717, 1.165) is 0 Å². The minimum absolute atomic E-state index is 0.366. The molecule has 21 rings (SSSR count). The summed E-state index contributed by atoms with van der Waals surface area (Å²) in [5, 5.41) is 234. The van der Waals surface area contributed by atoms with E-state index in [1.807, 2.05) is 0 Å². The van der Waals surface area contributed by atoms with Crippen molar-refractivity contribution < 1.29 is 188 Å². The predicted octanol–water partition coefficient (Wildman–Crippen LogP) is -14.0. The average molecular weight is 1310 g/mol. The number of ether oxygens (including phenoxy) is 17. The van der Waals surface area contributed by atoms with Crippen molar-refractivity contribution in [3.05, 3.63) is 0 Å². The van der Waals surface area contributed by atoms with E-state index in [-0.39, 0.29) is 6.61 Å². The van der Waals surface area contributed by atoms with Crippen LogP contribution in [0.25, 0.3) is 0 Å². The zero-order valence-corrected chi connectivity index (χ0v) is 48.3. The standard InChI is InChI=1S/C51H88O38/c1-14(58)10-73-13-23-41-28(65)33(70)49(82-23)84-37-17(4-52)76-45(29(66)24(37)61)83-36-18(5-53)79-48(32(69)26(36)63)89-42-22(9-57)80-50(35(72)43(42)74-11-15(2)59)85-38-19(6-54)77-46(30(67)25(38)62)86-40-21(8-56)81-51(44(34(40)71)75-12-16(3)60)88-39-20(7-55)78-47(87-41)31(68)27(39)64/h14-72H,4-13H2,1-3H3/t14?,15?,16?,17?,18?,19?,20?,21?,22?,23?,24-,25-,26-,27-,28-,29?,30?,31?,32?,33?,34+,35?,36-,37-,38-,39-,40-,41-,42-,43-,44?,45-,46-,47-,48-,49+,50-,51-/m1/s1. The maximum absolute atomic E-state index is 12.0. The van der Waals surface area contributed by atoms with E-state index >= 15 is 0 Å². The number of hydrogen-bond donors (Lipinski definition) is 21. The van der Waals surface area contributed by atoms with Gasteiger partial charge in [-0.15, -0.1) is 0 Å². The second-order valence-corrected chi connectivity index (χ2v) is 23.2. The molecule has 0 radical (unpaired) electrons. The van der Waals surface area contributed by atoms with Crippen LogP contribution in [0, 0.1) is 0 Å². The Morgan fingerprint density at radius 3 is 0.809 bits per heavy atom. The van der Waals surface area contributed by atoms with Gasteiger partial charge in [0.25, 0.3) is 0 Å². The lowest BCUT2D eigenvalue weighted by Gasteiger charge is -2.50. The van der Waals surface area contributed by atoms with Gasteiger partial charge in [-0.05, 0) is 20.8 Å². The third-order valence-corrected chi connectivity index (χ3v) is 16.3. The summed E-state index contributed by atoms with van der Waals surface area (Å²) in [5.74, 6) is 0. The summed E-state index contributed by atoms with van der Waals surface area (Å²) in [6.45, 7) is -4.48. The van der Waals surface area contributed by atoms with Crippen molar-refractivity contribution in [2.45, 2.75) is 254 Å². The van der Waals surface area contributed by atoms with Gasteiger partial charge in [-0.25, -0.2) is 0 Å². The molecule has 0 spiro atoms. The minimum Gasteiger partial charge on any atom is -0.394 e. The van der Waals surface area contributed by atoms with E-state index in [2.05, 4.69) is 0 Å². The van der Waals surface area contributed by atoms with Crippen LogP contribution in [-0.4, -0.2) is 407 Å². The summed E-state index contributed by atoms with van der Waals surface area (Å²) in [5.41, 5.74) is 0. The normalized spacial score (nSPS) is 50.6. The first-order valence-electron chi connectivity index (χ1n) is 29.1. The quantitative estimate of drug-likeness (QED) is 0.0682. The Labute approximate surface area is 507 Å². The number of aliphatic hydroxyl groups is 21. The van der Waals surface area contributed by atoms with Crippen LogP contribution in [0.3, 0.4) is 0 Å². The van der Waals surface area contributed by atoms with Crippen LogP contribution in [0.1, 0.15) is 20.8 Å². The first-order valence-corrected chi connectivity index (χ1v) is 29.1. The van der Waals surface area contributed by atoms with Crippen LogP contribution >= 0.6 is 0 Å². The molecule has 17 unspecified atom stereocenters. The van der Waals surface area contributed by atoms with Gasteiger partial charge in [-0.2, -0.15) is 0 Å². The van der Waals surface area contributed by atoms with Gasteiger partial charge >= 0.3 is 0 Å². The summed E-state index contributed by atoms with van der Waals surface area (Å²) >= 11 is 0. The Hall–Kier alpha value is -1.52. The Kier molecular flexibility index (Phi) is 26.7. The molecule has 21 fully saturated rings. The lowest BCUT2D eigenvalue weighted by Crippen LogP contribution is -2.68. The molecule has 0 saturated carbocycles. The highest BCUT2D eigenvalue weighted by molar-refractivity contribution is 5.02. The van der Waals surface area contributed by atoms with Crippen LogP contribution in [0.4, 0.5) is 0 Å². The van der Waals surface area contributed by atoms with Gasteiger partial charge < -0.3 is 188 Å². The topological polar surface area (TPSA) is 582 Å². The van der Waals surface area contributed by atoms with Gasteiger partial charge in [0, 0.05) is 0 Å². The van der Waals surface area contributed by atoms with Crippen molar-refractivity contribution in [3.8, 4) is 0 Å². The zero-order chi connectivity index (χ0) is 65.0. The van der Waals surface area contributed by atoms with Crippen molar-refractivity contribution in [2.75, 3.05) is 66.1 Å². The highest BCUT2D eigenvalue weighted by Crippen LogP contribution is 2.40. The number of aliphatic hydroxyl groups excluding tert-OH is 21. The van der Waals surface area contributed by atoms with Crippen LogP contribution in [0.15, 0.2) is 0 Å². The summed E-state index contributed by atoms with van der Waals surface area (Å²) in [7, 11) is 0. The third-order valence-electron chi connectivity index (χ3n) is 16.3. The first-order chi connectivity index (χ1) is 42.3. The van der Waals surface area contributed by atoms with Crippen molar-refractivity contribution >= 4 is 0 Å². The zero-order valence-electron chi connectivity index (χ0n) is 48.3. The summed E-state index contributed by atoms with van der Waals surface area (Å²) in [6.07, 6.45) is -72.7. The Bertz CT molecular complexity index is 2090. The molecule has 0 amide bonds. The molecule has 21 saturated heterocycles. The minimum atomic E-state index is -2.23. The fourth-order valence-electron chi connectivity index (χ4n) is 11.6. The van der Waals surface area contributed by atoms with Crippen LogP contribution in [0.2, 0.25) is 0 Å². The monoisotopic (exact) mass is 1310 g/mol. The van der Waals surface area contributed by atoms with Crippen molar-refractivity contribution in [2.24, 2.45) is 0 Å². The first kappa shape index (κ1) is 73.3. The molecule has 21 aliphatic rings. The van der Waals surface area contributed by atoms with E-state index in [4.69, 9.17) is 80.5 Å². The second kappa shape index (κ2) is 32.5. The smallest absolute Gasteiger partial charge is 0.187 e. The molecule has 38 nitrogen and oxygen atoms in total. The molecule has 0 aromatic rings. The van der Waals surface area contributed by atoms with Crippen molar-refractivity contribution in [1.82, 2.24) is 0 Å². The fraction of sp³-hybridized carbons (Fsp3) is 1.00. The molecule has 21 aliphatic heterocycles. The van der Waals surface area contributed by atoms with Crippen LogP contribution < -0.4 is 0 Å². The van der Waals surface area contributed by atoms with E-state index in [1.165, 1.54) is 20.8 Å². The van der Waals surface area contributed by atoms with Gasteiger partial charge in [0.05, 0.1) is 84.4 Å². The molecule has 0 aliphatic carbocycles. The van der Waals surface area contributed by atoms with E-state index in [9.17, 15) is 107 Å². The third kappa shape index (κ3) is 16.3. The molecule has 0 aromatic carbocycles. The van der Waals surface area contributed by atoms with Gasteiger partial charge in [0.2, 0.25) is 0 Å². The lowest BCUT2D eigenvalue weighted by atomic mass is 9.95. The molecule has 21 heterocycles. The van der Waals surface area contributed by atoms with Gasteiger partial charge in [-0.1, -0.05) is 0 Å². The van der Waals surface area contributed by atoms with Gasteiger partial charge in [0.15, 0.2) is 44.0 Å². The molecule has 38 heteroatoms. The Morgan fingerprint density at radius 1 is 0.258 bits per heavy atom. The molecule has 14 bridgehead atoms. The van der Waals surface area contributed by atoms with Crippen molar-refractivity contribution in [1.29, 1.82) is 0 Å². The van der Waals surface area contributed by atoms with E-state index in [0.29, 0.717) is 0 Å². The van der Waals surface area contributed by atoms with E-state index < -0.39 is 293 Å². The Balaban J connectivity index is 1.14. The maximum Gasteiger partial charge on any atom is 0.187 e. The predicted molar refractivity (Wildman–Crippen MR) is 275 cm³/mol. The largest absolute Gasteiger partial charge is 0.394 e. The molecular formula is C51H88O38. The number of hydrogen-bond acceptors (Lipinski definition) is 38. The fourth-order valence-corrected chi connectivity index (χ4v) is 11.6. The highest BCUT2D eigenvalue weighted by atomic mass is 16.8. The van der Waals surface area contributed by atoms with Crippen LogP contribution in [-0.2, 0) is 80.5 Å². The average Bonchev–Trinajstić information content (AvgIpc) is 2.22. The van der Waals surface area contributed by atoms with Crippen LogP contribution in [0.5, 0.6) is 0 Å². The molecule has 38 atom stereocenters. The second-order valence-electron chi connectivity index (χ2n) is 23.2. The molecule has 520 valence electrons. The lowest BCUT2D eigenvalue weighted by molar-refractivity contribution is -0.399. The molecule has 89 heavy (non-hydrogen) atoms. The molecule has 21 N–H and O–H groups in total. The molecule has 0 aromatic heterocycles. The maximum atomic E-state index is 12.0. The summed E-state index contributed by atoms with van der Waals surface area (Å²) in [6, 6.07) is 0. The van der Waals surface area contributed by atoms with Gasteiger partial charge in [0.1, 0.15) is 171 Å². The van der Waals surface area contributed by atoms with E-state index in [1.54, 1.807) is 0 Å². The SMILES string of the molecule is CC(O)COCC1O[C@H]2O[C@@H]3C(CO)O[C@H](O[C@@H]4C(CO)O[C@H](O[C@@H]5C(CO)O[C@H](O[C@@H]6C(CO)O[C@H](O[C@@H]7C(CO)O[C@H](O[C@@H]8C(CO)O[C@H](O[C@H]1[C@H](O)C2O)C(O)[C@H]8O)C(OCC(C)O)[C@H]7O)C(O)[C@H]6O)C(O)[C@H]5OCC(C)O)C(O)[C@H]4O)C(O)[C@H]3O. The Morgan fingerprint density at radius 2 is 0.494 bits per heavy atom. The number of rotatable bonds is 16. The summed E-state index contributed by atoms with van der Waals surface area (Å²) < 4.78 is 100.0. The van der Waals surface area contributed by atoms with Gasteiger partial charge in [-0.3, -0.25) is 0 Å².